The Morgan fingerprint density at radius 2 is 1.81 bits per heavy atom. The fraction of sp³-hybridized carbons (Fsp3) is 0.143. The molecule has 0 aliphatic heterocycles. The van der Waals surface area contributed by atoms with Crippen LogP contribution < -0.4 is 11.1 Å². The number of benzene rings is 3. The van der Waals surface area contributed by atoms with Crippen LogP contribution in [-0.2, 0) is 4.79 Å². The first-order valence-electron chi connectivity index (χ1n) is 8.51. The lowest BCUT2D eigenvalue weighted by atomic mass is 9.97. The Morgan fingerprint density at radius 1 is 1.08 bits per heavy atom. The summed E-state index contributed by atoms with van der Waals surface area (Å²) in [6.45, 7) is 0. The zero-order valence-electron chi connectivity index (χ0n) is 14.1. The van der Waals surface area contributed by atoms with E-state index in [-0.39, 0.29) is 28.8 Å². The molecule has 26 heavy (non-hydrogen) atoms. The van der Waals surface area contributed by atoms with E-state index in [0.717, 1.165) is 23.6 Å². The molecule has 0 spiro atoms. The zero-order valence-corrected chi connectivity index (χ0v) is 14.1. The van der Waals surface area contributed by atoms with Gasteiger partial charge in [-0.25, -0.2) is 4.39 Å². The van der Waals surface area contributed by atoms with Gasteiger partial charge >= 0.3 is 0 Å². The van der Waals surface area contributed by atoms with Gasteiger partial charge in [0.25, 0.3) is 0 Å². The third-order valence-corrected chi connectivity index (χ3v) is 4.65. The fourth-order valence-electron chi connectivity index (χ4n) is 2.99. The molecule has 3 aromatic rings. The molecule has 0 aromatic heterocycles. The molecule has 4 rings (SSSR count). The quantitative estimate of drug-likeness (QED) is 0.485. The van der Waals surface area contributed by atoms with Crippen LogP contribution in [0.25, 0.3) is 10.8 Å². The molecule has 0 atom stereocenters. The van der Waals surface area contributed by atoms with E-state index in [0.29, 0.717) is 11.3 Å². The molecule has 0 unspecified atom stereocenters. The average Bonchev–Trinajstić information content (AvgIpc) is 3.49. The second-order valence-corrected chi connectivity index (χ2v) is 6.62. The van der Waals surface area contributed by atoms with Crippen molar-refractivity contribution in [2.24, 2.45) is 5.92 Å². The van der Waals surface area contributed by atoms with E-state index >= 15 is 0 Å². The zero-order chi connectivity index (χ0) is 18.3. The molecule has 1 aliphatic carbocycles. The number of carbonyl (C=O) groups excluding carboxylic acids is 1. The van der Waals surface area contributed by atoms with E-state index in [2.05, 4.69) is 5.32 Å². The maximum atomic E-state index is 14.3. The van der Waals surface area contributed by atoms with Gasteiger partial charge in [-0.15, -0.1) is 0 Å². The van der Waals surface area contributed by atoms with Crippen LogP contribution in [0.4, 0.5) is 15.8 Å². The minimum absolute atomic E-state index is 0.0130. The van der Waals surface area contributed by atoms with E-state index in [4.69, 9.17) is 11.1 Å². The standard InChI is InChI=1S/C21H18FN3O/c22-18-11-16(25-21(26)13-6-7-13)10-17(20(18)24)19(23)15-8-5-12-3-1-2-4-14(12)9-15/h1-5,8-11,13,23H,6-7,24H2,(H,25,26). The van der Waals surface area contributed by atoms with Crippen molar-refractivity contribution < 1.29 is 9.18 Å². The molecule has 3 aromatic carbocycles. The summed E-state index contributed by atoms with van der Waals surface area (Å²) in [5.41, 5.74) is 7.14. The molecule has 0 saturated heterocycles. The van der Waals surface area contributed by atoms with Gasteiger partial charge in [0.15, 0.2) is 0 Å². The van der Waals surface area contributed by atoms with Gasteiger partial charge in [0, 0.05) is 22.7 Å². The number of amides is 1. The number of anilines is 2. The Morgan fingerprint density at radius 3 is 2.54 bits per heavy atom. The summed E-state index contributed by atoms with van der Waals surface area (Å²) in [5, 5.41) is 13.3. The summed E-state index contributed by atoms with van der Waals surface area (Å²) in [6.07, 6.45) is 1.73. The average molecular weight is 347 g/mol. The topological polar surface area (TPSA) is 79.0 Å². The number of hydrogen-bond acceptors (Lipinski definition) is 3. The number of rotatable bonds is 4. The van der Waals surface area contributed by atoms with Gasteiger partial charge in [0.2, 0.25) is 5.91 Å². The van der Waals surface area contributed by atoms with Crippen LogP contribution >= 0.6 is 0 Å². The lowest BCUT2D eigenvalue weighted by Gasteiger charge is -2.13. The summed E-state index contributed by atoms with van der Waals surface area (Å²) in [4.78, 5) is 12.0. The van der Waals surface area contributed by atoms with E-state index < -0.39 is 5.82 Å². The smallest absolute Gasteiger partial charge is 0.227 e. The van der Waals surface area contributed by atoms with Gasteiger partial charge in [-0.05, 0) is 41.8 Å². The number of fused-ring (bicyclic) bond motifs is 1. The van der Waals surface area contributed by atoms with Gasteiger partial charge < -0.3 is 11.1 Å². The summed E-state index contributed by atoms with van der Waals surface area (Å²) in [7, 11) is 0. The molecule has 1 saturated carbocycles. The molecule has 1 aliphatic rings. The lowest BCUT2D eigenvalue weighted by molar-refractivity contribution is -0.117. The summed E-state index contributed by atoms with van der Waals surface area (Å²) in [6, 6.07) is 16.2. The van der Waals surface area contributed by atoms with Gasteiger partial charge in [-0.3, -0.25) is 10.2 Å². The highest BCUT2D eigenvalue weighted by atomic mass is 19.1. The third-order valence-electron chi connectivity index (χ3n) is 4.65. The second-order valence-electron chi connectivity index (χ2n) is 6.62. The van der Waals surface area contributed by atoms with Crippen LogP contribution in [0, 0.1) is 17.1 Å². The van der Waals surface area contributed by atoms with Crippen molar-refractivity contribution in [3.63, 3.8) is 0 Å². The molecule has 4 N–H and O–H groups in total. The van der Waals surface area contributed by atoms with E-state index in [1.165, 1.54) is 6.07 Å². The summed E-state index contributed by atoms with van der Waals surface area (Å²) < 4.78 is 14.3. The minimum Gasteiger partial charge on any atom is -0.396 e. The van der Waals surface area contributed by atoms with E-state index in [9.17, 15) is 9.18 Å². The molecule has 4 nitrogen and oxygen atoms in total. The van der Waals surface area contributed by atoms with Crippen molar-refractivity contribution in [3.05, 3.63) is 71.5 Å². The first-order valence-corrected chi connectivity index (χ1v) is 8.51. The van der Waals surface area contributed by atoms with Gasteiger partial charge in [-0.1, -0.05) is 36.4 Å². The van der Waals surface area contributed by atoms with Crippen molar-refractivity contribution in [1.29, 1.82) is 5.41 Å². The molecule has 5 heteroatoms. The molecule has 1 fully saturated rings. The van der Waals surface area contributed by atoms with Crippen LogP contribution in [0.3, 0.4) is 0 Å². The number of halogens is 1. The molecule has 1 amide bonds. The minimum atomic E-state index is -0.640. The molecule has 0 radical (unpaired) electrons. The van der Waals surface area contributed by atoms with Crippen molar-refractivity contribution in [2.45, 2.75) is 12.8 Å². The van der Waals surface area contributed by atoms with Crippen molar-refractivity contribution in [3.8, 4) is 0 Å². The van der Waals surface area contributed by atoms with Crippen molar-refractivity contribution in [2.75, 3.05) is 11.1 Å². The molecule has 130 valence electrons. The number of nitrogen functional groups attached to an aromatic ring is 1. The Bertz CT molecular complexity index is 1040. The number of nitrogens with one attached hydrogen (secondary N) is 2. The van der Waals surface area contributed by atoms with Gasteiger partial charge in [0.05, 0.1) is 11.4 Å². The van der Waals surface area contributed by atoms with Crippen molar-refractivity contribution >= 4 is 33.8 Å². The fourth-order valence-corrected chi connectivity index (χ4v) is 2.99. The maximum Gasteiger partial charge on any atom is 0.227 e. The second kappa shape index (κ2) is 6.26. The van der Waals surface area contributed by atoms with Crippen LogP contribution in [0.2, 0.25) is 0 Å². The Kier molecular flexibility index (Phi) is 3.92. The number of hydrogen-bond donors (Lipinski definition) is 3. The number of carbonyl (C=O) groups is 1. The summed E-state index contributed by atoms with van der Waals surface area (Å²) >= 11 is 0. The Hall–Kier alpha value is -3.21. The molecule has 0 bridgehead atoms. The normalized spacial score (nSPS) is 13.6. The summed E-state index contributed by atoms with van der Waals surface area (Å²) in [5.74, 6) is -0.740. The first-order chi connectivity index (χ1) is 12.5. The highest BCUT2D eigenvalue weighted by molar-refractivity contribution is 6.15. The van der Waals surface area contributed by atoms with Crippen molar-refractivity contribution in [1.82, 2.24) is 0 Å². The largest absolute Gasteiger partial charge is 0.396 e. The monoisotopic (exact) mass is 347 g/mol. The predicted molar refractivity (Wildman–Crippen MR) is 102 cm³/mol. The molecular weight excluding hydrogens is 329 g/mol. The SMILES string of the molecule is N=C(c1ccc2ccccc2c1)c1cc(NC(=O)C2CC2)cc(F)c1N. The van der Waals surface area contributed by atoms with Crippen LogP contribution in [0.1, 0.15) is 24.0 Å². The third kappa shape index (κ3) is 3.04. The first kappa shape index (κ1) is 16.3. The highest BCUT2D eigenvalue weighted by Gasteiger charge is 2.29. The highest BCUT2D eigenvalue weighted by Crippen LogP contribution is 2.31. The maximum absolute atomic E-state index is 14.3. The van der Waals surface area contributed by atoms with Crippen LogP contribution in [0.15, 0.2) is 54.6 Å². The lowest BCUT2D eigenvalue weighted by Crippen LogP contribution is -2.15. The number of nitrogens with two attached hydrogens (primary N) is 1. The molecule has 0 heterocycles. The molecular formula is C21H18FN3O. The Balaban J connectivity index is 1.71. The van der Waals surface area contributed by atoms with E-state index in [1.807, 2.05) is 42.5 Å². The predicted octanol–water partition coefficient (Wildman–Crippen LogP) is 4.33. The van der Waals surface area contributed by atoms with E-state index in [1.54, 1.807) is 6.07 Å². The van der Waals surface area contributed by atoms with Gasteiger partial charge in [0.1, 0.15) is 5.82 Å². The van der Waals surface area contributed by atoms with Crippen LogP contribution in [0.5, 0.6) is 0 Å². The van der Waals surface area contributed by atoms with Crippen LogP contribution in [-0.4, -0.2) is 11.6 Å². The Labute approximate surface area is 150 Å². The van der Waals surface area contributed by atoms with Gasteiger partial charge in [-0.2, -0.15) is 0 Å².